The number of hydrogen-bond donors (Lipinski definition) is 1. The summed E-state index contributed by atoms with van der Waals surface area (Å²) in [5.41, 5.74) is -4.32. The summed E-state index contributed by atoms with van der Waals surface area (Å²) in [6.07, 6.45) is -15.9. The standard InChI is InChI=1S/C18H17F9N2O3/c1-15(2,3)14(31)28-8-4-5-9-12(11(8)13(30)18(25,26)27)32-6-10(17(22,23)24)29(9)7-16(19,20)21/h4-5,10H,6-7H2,1-3H3,(H,28,31). The maximum atomic E-state index is 13.3. The topological polar surface area (TPSA) is 58.6 Å². The molecule has 1 heterocycles. The van der Waals surface area contributed by atoms with Crippen LogP contribution in [0.5, 0.6) is 5.75 Å². The van der Waals surface area contributed by atoms with Gasteiger partial charge in [-0.25, -0.2) is 0 Å². The number of Topliss-reactive ketones (excluding diaryl/α,β-unsaturated/α-hetero) is 1. The van der Waals surface area contributed by atoms with Gasteiger partial charge in [-0.05, 0) is 12.1 Å². The Labute approximate surface area is 175 Å². The van der Waals surface area contributed by atoms with Crippen molar-refractivity contribution in [3.63, 3.8) is 0 Å². The van der Waals surface area contributed by atoms with E-state index >= 15 is 0 Å². The van der Waals surface area contributed by atoms with Gasteiger partial charge in [0, 0.05) is 5.41 Å². The Hall–Kier alpha value is -2.67. The van der Waals surface area contributed by atoms with Gasteiger partial charge in [0.1, 0.15) is 13.2 Å². The van der Waals surface area contributed by atoms with Crippen LogP contribution in [-0.4, -0.2) is 49.4 Å². The van der Waals surface area contributed by atoms with E-state index in [0.717, 1.165) is 0 Å². The molecule has 0 fully saturated rings. The molecule has 1 aliphatic heterocycles. The molecule has 0 spiro atoms. The van der Waals surface area contributed by atoms with Crippen LogP contribution >= 0.6 is 0 Å². The summed E-state index contributed by atoms with van der Waals surface area (Å²) in [5.74, 6) is -4.59. The van der Waals surface area contributed by atoms with Gasteiger partial charge in [0.15, 0.2) is 11.8 Å². The first-order valence-electron chi connectivity index (χ1n) is 8.86. The van der Waals surface area contributed by atoms with Crippen molar-refractivity contribution in [2.75, 3.05) is 23.4 Å². The number of rotatable bonds is 3. The van der Waals surface area contributed by atoms with Crippen LogP contribution in [0.2, 0.25) is 0 Å². The molecular formula is C18H17F9N2O3. The van der Waals surface area contributed by atoms with Crippen molar-refractivity contribution in [3.8, 4) is 5.75 Å². The van der Waals surface area contributed by atoms with Gasteiger partial charge in [0.2, 0.25) is 5.91 Å². The molecule has 1 amide bonds. The second kappa shape index (κ2) is 8.03. The molecule has 5 nitrogen and oxygen atoms in total. The predicted octanol–water partition coefficient (Wildman–Crippen LogP) is 5.11. The molecule has 180 valence electrons. The number of carbonyl (C=O) groups is 2. The van der Waals surface area contributed by atoms with E-state index in [1.54, 1.807) is 0 Å². The van der Waals surface area contributed by atoms with Crippen LogP contribution in [0.1, 0.15) is 31.1 Å². The van der Waals surface area contributed by atoms with Crippen LogP contribution in [0.3, 0.4) is 0 Å². The third-order valence-electron chi connectivity index (χ3n) is 4.35. The highest BCUT2D eigenvalue weighted by Crippen LogP contribution is 2.46. The van der Waals surface area contributed by atoms with Crippen LogP contribution in [-0.2, 0) is 4.79 Å². The van der Waals surface area contributed by atoms with Crippen LogP contribution in [0.4, 0.5) is 50.9 Å². The minimum atomic E-state index is -5.56. The number of amides is 1. The molecule has 1 unspecified atom stereocenters. The molecule has 14 heteroatoms. The fourth-order valence-electron chi connectivity index (χ4n) is 2.80. The maximum absolute atomic E-state index is 13.3. The fourth-order valence-corrected chi connectivity index (χ4v) is 2.80. The van der Waals surface area contributed by atoms with E-state index < -0.39 is 77.5 Å². The Kier molecular flexibility index (Phi) is 6.42. The lowest BCUT2D eigenvalue weighted by molar-refractivity contribution is -0.166. The van der Waals surface area contributed by atoms with Crippen molar-refractivity contribution in [2.24, 2.45) is 5.41 Å². The average Bonchev–Trinajstić information content (AvgIpc) is 2.57. The molecule has 0 saturated heterocycles. The second-order valence-corrected chi connectivity index (χ2v) is 7.98. The predicted molar refractivity (Wildman–Crippen MR) is 93.7 cm³/mol. The van der Waals surface area contributed by atoms with Gasteiger partial charge in [-0.15, -0.1) is 0 Å². The third kappa shape index (κ3) is 5.57. The molecule has 0 bridgehead atoms. The lowest BCUT2D eigenvalue weighted by Gasteiger charge is -2.40. The summed E-state index contributed by atoms with van der Waals surface area (Å²) in [7, 11) is 0. The normalized spacial score (nSPS) is 17.5. The monoisotopic (exact) mass is 480 g/mol. The molecule has 0 aromatic heterocycles. The van der Waals surface area contributed by atoms with Crippen molar-refractivity contribution in [2.45, 2.75) is 45.3 Å². The van der Waals surface area contributed by atoms with Gasteiger partial charge in [0.25, 0.3) is 5.78 Å². The molecule has 1 aromatic carbocycles. The van der Waals surface area contributed by atoms with Crippen molar-refractivity contribution >= 4 is 23.1 Å². The summed E-state index contributed by atoms with van der Waals surface area (Å²) < 4.78 is 123. The van der Waals surface area contributed by atoms with Crippen LogP contribution in [0.15, 0.2) is 12.1 Å². The van der Waals surface area contributed by atoms with E-state index in [4.69, 9.17) is 4.74 Å². The number of benzene rings is 1. The zero-order valence-corrected chi connectivity index (χ0v) is 16.7. The number of alkyl halides is 9. The van der Waals surface area contributed by atoms with Crippen molar-refractivity contribution in [3.05, 3.63) is 17.7 Å². The lowest BCUT2D eigenvalue weighted by Crippen LogP contribution is -2.55. The summed E-state index contributed by atoms with van der Waals surface area (Å²) in [4.78, 5) is 24.0. The lowest BCUT2D eigenvalue weighted by atomic mass is 9.94. The fraction of sp³-hybridized carbons (Fsp3) is 0.556. The van der Waals surface area contributed by atoms with Crippen LogP contribution in [0.25, 0.3) is 0 Å². The van der Waals surface area contributed by atoms with Gasteiger partial charge in [-0.1, -0.05) is 20.8 Å². The van der Waals surface area contributed by atoms with Crippen LogP contribution < -0.4 is 15.0 Å². The highest BCUT2D eigenvalue weighted by atomic mass is 19.4. The molecule has 2 rings (SSSR count). The molecule has 0 aliphatic carbocycles. The number of halogens is 9. The zero-order chi connectivity index (χ0) is 24.9. The average molecular weight is 480 g/mol. The SMILES string of the molecule is CC(C)(C)C(=O)Nc1ccc2c(c1C(=O)C(F)(F)F)OCC(C(F)(F)F)N2CC(F)(F)F. The van der Waals surface area contributed by atoms with Gasteiger partial charge in [-0.3, -0.25) is 9.59 Å². The third-order valence-corrected chi connectivity index (χ3v) is 4.35. The molecule has 1 N–H and O–H groups in total. The molecule has 1 atom stereocenters. The molecule has 32 heavy (non-hydrogen) atoms. The number of ether oxygens (including phenoxy) is 1. The van der Waals surface area contributed by atoms with Crippen LogP contribution in [0, 0.1) is 5.41 Å². The zero-order valence-electron chi connectivity index (χ0n) is 16.7. The molecule has 1 aliphatic rings. The first kappa shape index (κ1) is 25.6. The van der Waals surface area contributed by atoms with Gasteiger partial charge in [0.05, 0.1) is 16.9 Å². The molecular weight excluding hydrogens is 463 g/mol. The quantitative estimate of drug-likeness (QED) is 0.483. The Morgan fingerprint density at radius 2 is 1.59 bits per heavy atom. The number of hydrogen-bond acceptors (Lipinski definition) is 4. The molecule has 0 radical (unpaired) electrons. The van der Waals surface area contributed by atoms with E-state index in [-0.39, 0.29) is 4.90 Å². The number of nitrogens with one attached hydrogen (secondary N) is 1. The Bertz CT molecular complexity index is 899. The number of carbonyl (C=O) groups excluding carboxylic acids is 2. The van der Waals surface area contributed by atoms with Crippen molar-refractivity contribution < 1.29 is 53.8 Å². The van der Waals surface area contributed by atoms with E-state index in [0.29, 0.717) is 12.1 Å². The van der Waals surface area contributed by atoms with Crippen molar-refractivity contribution in [1.29, 1.82) is 0 Å². The Morgan fingerprint density at radius 3 is 2.03 bits per heavy atom. The van der Waals surface area contributed by atoms with E-state index in [1.807, 2.05) is 0 Å². The Balaban J connectivity index is 2.73. The Morgan fingerprint density at radius 1 is 1.03 bits per heavy atom. The first-order valence-corrected chi connectivity index (χ1v) is 8.86. The second-order valence-electron chi connectivity index (χ2n) is 7.98. The summed E-state index contributed by atoms with van der Waals surface area (Å²) in [5, 5.41) is 2.06. The molecule has 1 aromatic rings. The van der Waals surface area contributed by atoms with E-state index in [2.05, 4.69) is 5.32 Å². The minimum Gasteiger partial charge on any atom is -0.488 e. The van der Waals surface area contributed by atoms with Crippen molar-refractivity contribution in [1.82, 2.24) is 0 Å². The van der Waals surface area contributed by atoms with Gasteiger partial charge >= 0.3 is 18.5 Å². The number of ketones is 1. The highest BCUT2D eigenvalue weighted by molar-refractivity contribution is 6.11. The van der Waals surface area contributed by atoms with Gasteiger partial charge in [-0.2, -0.15) is 39.5 Å². The summed E-state index contributed by atoms with van der Waals surface area (Å²) >= 11 is 0. The first-order chi connectivity index (χ1) is 14.2. The summed E-state index contributed by atoms with van der Waals surface area (Å²) in [6, 6.07) is -1.57. The largest absolute Gasteiger partial charge is 0.488 e. The summed E-state index contributed by atoms with van der Waals surface area (Å²) in [6.45, 7) is 0.507. The van der Waals surface area contributed by atoms with Gasteiger partial charge < -0.3 is 15.0 Å². The number of fused-ring (bicyclic) bond motifs is 1. The number of nitrogens with zero attached hydrogens (tertiary/aromatic N) is 1. The van der Waals surface area contributed by atoms with E-state index in [1.165, 1.54) is 20.8 Å². The number of anilines is 2. The molecule has 0 saturated carbocycles. The highest BCUT2D eigenvalue weighted by Gasteiger charge is 2.52. The maximum Gasteiger partial charge on any atom is 0.455 e. The minimum absolute atomic E-state index is 0.221. The smallest absolute Gasteiger partial charge is 0.455 e. The van der Waals surface area contributed by atoms with E-state index in [9.17, 15) is 49.1 Å².